The van der Waals surface area contributed by atoms with Crippen LogP contribution in [0.3, 0.4) is 0 Å². The predicted molar refractivity (Wildman–Crippen MR) is 102 cm³/mol. The van der Waals surface area contributed by atoms with Gasteiger partial charge in [-0.25, -0.2) is 0 Å². The molecule has 0 unspecified atom stereocenters. The Morgan fingerprint density at radius 1 is 0.885 bits per heavy atom. The number of ether oxygens (including phenoxy) is 2. The number of rotatable bonds is 7. The maximum atomic E-state index is 11.6. The van der Waals surface area contributed by atoms with E-state index in [0.717, 1.165) is 33.6 Å². The first kappa shape index (κ1) is 19.7. The first-order chi connectivity index (χ1) is 12.3. The summed E-state index contributed by atoms with van der Waals surface area (Å²) >= 11 is 0. The average Bonchev–Trinajstić information content (AvgIpc) is 2.59. The first-order valence-corrected chi connectivity index (χ1v) is 8.78. The largest absolute Gasteiger partial charge is 0.488 e. The lowest BCUT2D eigenvalue weighted by molar-refractivity contribution is -0.132. The van der Waals surface area contributed by atoms with Crippen LogP contribution in [-0.4, -0.2) is 11.8 Å². The van der Waals surface area contributed by atoms with Gasteiger partial charge in [0.25, 0.3) is 0 Å². The van der Waals surface area contributed by atoms with Crippen molar-refractivity contribution in [2.24, 2.45) is 0 Å². The molecule has 0 N–H and O–H groups in total. The lowest BCUT2D eigenvalue weighted by Crippen LogP contribution is -2.11. The average molecular weight is 354 g/mol. The van der Waals surface area contributed by atoms with Crippen LogP contribution in [0.15, 0.2) is 30.3 Å². The molecule has 4 nitrogen and oxygen atoms in total. The number of Topliss-reactive ketones (excluding diaryl/α,β-unsaturated/α-hetero) is 1. The molecule has 0 saturated heterocycles. The van der Waals surface area contributed by atoms with Crippen LogP contribution >= 0.6 is 0 Å². The third kappa shape index (κ3) is 4.72. The Bertz CT molecular complexity index is 807. The molecule has 0 saturated carbocycles. The quantitative estimate of drug-likeness (QED) is 0.537. The van der Waals surface area contributed by atoms with E-state index in [4.69, 9.17) is 9.47 Å². The topological polar surface area (TPSA) is 52.6 Å². The fourth-order valence-corrected chi connectivity index (χ4v) is 2.99. The van der Waals surface area contributed by atoms with Crippen molar-refractivity contribution in [1.29, 1.82) is 0 Å². The van der Waals surface area contributed by atoms with E-state index in [-0.39, 0.29) is 11.8 Å². The van der Waals surface area contributed by atoms with Gasteiger partial charge in [0.05, 0.1) is 0 Å². The maximum Gasteiger partial charge on any atom is 0.308 e. The molecule has 0 spiro atoms. The minimum absolute atomic E-state index is 0.100. The summed E-state index contributed by atoms with van der Waals surface area (Å²) in [4.78, 5) is 23.0. The molecule has 0 heterocycles. The molecule has 0 aliphatic rings. The molecule has 2 aromatic carbocycles. The van der Waals surface area contributed by atoms with Gasteiger partial charge in [-0.1, -0.05) is 30.3 Å². The summed E-state index contributed by atoms with van der Waals surface area (Å²) in [5.41, 5.74) is 4.68. The molecule has 0 aliphatic carbocycles. The van der Waals surface area contributed by atoms with Crippen LogP contribution in [0.1, 0.15) is 48.1 Å². The minimum atomic E-state index is -0.367. The van der Waals surface area contributed by atoms with Crippen LogP contribution < -0.4 is 9.47 Å². The van der Waals surface area contributed by atoms with Gasteiger partial charge in [-0.2, -0.15) is 0 Å². The summed E-state index contributed by atoms with van der Waals surface area (Å²) in [5.74, 6) is 1.08. The zero-order valence-electron chi connectivity index (χ0n) is 16.1. The second kappa shape index (κ2) is 8.65. The van der Waals surface area contributed by atoms with Gasteiger partial charge in [-0.05, 0) is 56.4 Å². The molecular formula is C22H26O4. The van der Waals surface area contributed by atoms with Crippen LogP contribution in [-0.2, 0) is 22.6 Å². The Hall–Kier alpha value is -2.62. The van der Waals surface area contributed by atoms with Crippen LogP contribution in [0.5, 0.6) is 11.5 Å². The van der Waals surface area contributed by atoms with Crippen molar-refractivity contribution >= 4 is 11.8 Å². The van der Waals surface area contributed by atoms with Crippen molar-refractivity contribution < 1.29 is 19.1 Å². The lowest BCUT2D eigenvalue weighted by atomic mass is 9.94. The Labute approximate surface area is 155 Å². The van der Waals surface area contributed by atoms with E-state index in [0.29, 0.717) is 25.2 Å². The first-order valence-electron chi connectivity index (χ1n) is 8.78. The van der Waals surface area contributed by atoms with Crippen LogP contribution in [0.2, 0.25) is 0 Å². The van der Waals surface area contributed by atoms with Crippen LogP contribution in [0.25, 0.3) is 0 Å². The summed E-state index contributed by atoms with van der Waals surface area (Å²) in [6, 6.07) is 9.96. The SMILES string of the molecule is CC(=O)CCc1c(C)c(OCc2ccccc2)c(C)c(C)c1OC(C)=O. The van der Waals surface area contributed by atoms with Crippen molar-refractivity contribution in [2.75, 3.05) is 0 Å². The zero-order valence-corrected chi connectivity index (χ0v) is 16.1. The number of hydrogen-bond acceptors (Lipinski definition) is 4. The van der Waals surface area contributed by atoms with Gasteiger partial charge < -0.3 is 14.3 Å². The normalized spacial score (nSPS) is 10.5. The highest BCUT2D eigenvalue weighted by molar-refractivity contribution is 5.76. The van der Waals surface area contributed by atoms with E-state index in [1.807, 2.05) is 51.1 Å². The van der Waals surface area contributed by atoms with E-state index in [1.165, 1.54) is 6.92 Å². The van der Waals surface area contributed by atoms with Crippen LogP contribution in [0, 0.1) is 20.8 Å². The summed E-state index contributed by atoms with van der Waals surface area (Å²) in [5, 5.41) is 0. The highest BCUT2D eigenvalue weighted by Crippen LogP contribution is 2.39. The maximum absolute atomic E-state index is 11.6. The van der Waals surface area contributed by atoms with E-state index in [1.54, 1.807) is 6.92 Å². The van der Waals surface area contributed by atoms with Crippen LogP contribution in [0.4, 0.5) is 0 Å². The molecule has 0 bridgehead atoms. The molecule has 2 rings (SSSR count). The Morgan fingerprint density at radius 2 is 1.50 bits per heavy atom. The molecule has 138 valence electrons. The molecule has 0 radical (unpaired) electrons. The second-order valence-corrected chi connectivity index (χ2v) is 6.58. The monoisotopic (exact) mass is 354 g/mol. The number of benzene rings is 2. The number of carbonyl (C=O) groups is 2. The smallest absolute Gasteiger partial charge is 0.308 e. The minimum Gasteiger partial charge on any atom is -0.488 e. The molecule has 0 atom stereocenters. The third-order valence-corrected chi connectivity index (χ3v) is 4.51. The summed E-state index contributed by atoms with van der Waals surface area (Å²) < 4.78 is 11.6. The van der Waals surface area contributed by atoms with Gasteiger partial charge >= 0.3 is 5.97 Å². The number of carbonyl (C=O) groups excluding carboxylic acids is 2. The summed E-state index contributed by atoms with van der Waals surface area (Å²) in [6.07, 6.45) is 0.919. The fraction of sp³-hybridized carbons (Fsp3) is 0.364. The standard InChI is InChI=1S/C22H26O4/c1-14(23)11-12-20-17(4)21(25-13-19-9-7-6-8-10-19)15(2)16(3)22(20)26-18(5)24/h6-10H,11-13H2,1-5H3. The molecule has 2 aromatic rings. The van der Waals surface area contributed by atoms with E-state index in [9.17, 15) is 9.59 Å². The van der Waals surface area contributed by atoms with E-state index < -0.39 is 0 Å². The van der Waals surface area contributed by atoms with Gasteiger partial charge in [0, 0.05) is 18.9 Å². The van der Waals surface area contributed by atoms with Gasteiger partial charge in [0.15, 0.2) is 0 Å². The highest BCUT2D eigenvalue weighted by atomic mass is 16.5. The van der Waals surface area contributed by atoms with Crippen molar-refractivity contribution in [3.63, 3.8) is 0 Å². The van der Waals surface area contributed by atoms with E-state index >= 15 is 0 Å². The Morgan fingerprint density at radius 3 is 2.08 bits per heavy atom. The molecular weight excluding hydrogens is 328 g/mol. The summed E-state index contributed by atoms with van der Waals surface area (Å²) in [7, 11) is 0. The molecule has 0 aromatic heterocycles. The third-order valence-electron chi connectivity index (χ3n) is 4.51. The summed E-state index contributed by atoms with van der Waals surface area (Å²) in [6.45, 7) is 9.24. The Kier molecular flexibility index (Phi) is 6.56. The van der Waals surface area contributed by atoms with Crippen molar-refractivity contribution in [1.82, 2.24) is 0 Å². The van der Waals surface area contributed by atoms with Gasteiger partial charge in [-0.15, -0.1) is 0 Å². The number of esters is 1. The van der Waals surface area contributed by atoms with Gasteiger partial charge in [0.2, 0.25) is 0 Å². The number of ketones is 1. The molecule has 0 amide bonds. The predicted octanol–water partition coefficient (Wildman–Crippen LogP) is 4.64. The Balaban J connectivity index is 2.44. The van der Waals surface area contributed by atoms with Crippen molar-refractivity contribution in [3.8, 4) is 11.5 Å². The van der Waals surface area contributed by atoms with Crippen molar-refractivity contribution in [3.05, 3.63) is 58.1 Å². The fourth-order valence-electron chi connectivity index (χ4n) is 2.99. The molecule has 4 heteroatoms. The molecule has 26 heavy (non-hydrogen) atoms. The molecule has 0 fully saturated rings. The molecule has 0 aliphatic heterocycles. The van der Waals surface area contributed by atoms with Crippen molar-refractivity contribution in [2.45, 2.75) is 54.1 Å². The van der Waals surface area contributed by atoms with Gasteiger partial charge in [0.1, 0.15) is 23.9 Å². The second-order valence-electron chi connectivity index (χ2n) is 6.58. The zero-order chi connectivity index (χ0) is 19.3. The number of hydrogen-bond donors (Lipinski definition) is 0. The highest BCUT2D eigenvalue weighted by Gasteiger charge is 2.21. The lowest BCUT2D eigenvalue weighted by Gasteiger charge is -2.21. The van der Waals surface area contributed by atoms with E-state index in [2.05, 4.69) is 0 Å². The van der Waals surface area contributed by atoms with Gasteiger partial charge in [-0.3, -0.25) is 4.79 Å².